The van der Waals surface area contributed by atoms with Crippen molar-refractivity contribution in [3.8, 4) is 16.9 Å². The minimum atomic E-state index is -0.0946. The number of nitrogens with zero attached hydrogens (tertiary/aromatic N) is 3. The van der Waals surface area contributed by atoms with Crippen molar-refractivity contribution in [2.24, 2.45) is 5.92 Å². The van der Waals surface area contributed by atoms with Gasteiger partial charge in [-0.15, -0.1) is 0 Å². The summed E-state index contributed by atoms with van der Waals surface area (Å²) < 4.78 is 5.62. The molecule has 6 nitrogen and oxygen atoms in total. The SMILES string of the molecule is CCCN1CCN(Cc2cnc[nH]2)CC(Cc2ccccc2-c2ccccc2OC)C1=O. The van der Waals surface area contributed by atoms with Gasteiger partial charge in [0.25, 0.3) is 0 Å². The van der Waals surface area contributed by atoms with Crippen molar-refractivity contribution < 1.29 is 9.53 Å². The fourth-order valence-corrected chi connectivity index (χ4v) is 4.60. The van der Waals surface area contributed by atoms with Crippen LogP contribution >= 0.6 is 0 Å². The molecule has 1 fully saturated rings. The molecule has 0 bridgehead atoms. The first-order valence-electron chi connectivity index (χ1n) is 11.4. The van der Waals surface area contributed by atoms with Crippen LogP contribution in [-0.2, 0) is 17.8 Å². The lowest BCUT2D eigenvalue weighted by molar-refractivity contribution is -0.134. The second-order valence-corrected chi connectivity index (χ2v) is 8.40. The summed E-state index contributed by atoms with van der Waals surface area (Å²) in [5.74, 6) is 1.01. The van der Waals surface area contributed by atoms with E-state index in [-0.39, 0.29) is 11.8 Å². The van der Waals surface area contributed by atoms with E-state index in [4.69, 9.17) is 4.74 Å². The number of nitrogens with one attached hydrogen (secondary N) is 1. The van der Waals surface area contributed by atoms with E-state index in [1.165, 1.54) is 5.56 Å². The third-order valence-corrected chi connectivity index (χ3v) is 6.15. The highest BCUT2D eigenvalue weighted by Gasteiger charge is 2.31. The maximum absolute atomic E-state index is 13.5. The van der Waals surface area contributed by atoms with Crippen molar-refractivity contribution >= 4 is 5.91 Å². The van der Waals surface area contributed by atoms with Crippen LogP contribution in [-0.4, -0.2) is 59.0 Å². The van der Waals surface area contributed by atoms with Crippen LogP contribution in [0.3, 0.4) is 0 Å². The van der Waals surface area contributed by atoms with Gasteiger partial charge in [-0.2, -0.15) is 0 Å². The molecule has 6 heteroatoms. The molecule has 0 saturated carbocycles. The van der Waals surface area contributed by atoms with E-state index in [1.807, 2.05) is 35.4 Å². The molecule has 1 saturated heterocycles. The number of methoxy groups -OCH3 is 1. The predicted molar refractivity (Wildman–Crippen MR) is 126 cm³/mol. The second-order valence-electron chi connectivity index (χ2n) is 8.40. The number of imidazole rings is 1. The Morgan fingerprint density at radius 1 is 1.09 bits per heavy atom. The van der Waals surface area contributed by atoms with E-state index < -0.39 is 0 Å². The number of amides is 1. The number of aromatic amines is 1. The highest BCUT2D eigenvalue weighted by molar-refractivity contribution is 5.81. The number of hydrogen-bond acceptors (Lipinski definition) is 4. The Hall–Kier alpha value is -3.12. The molecule has 32 heavy (non-hydrogen) atoms. The standard InChI is InChI=1S/C26H32N4O2/c1-3-12-30-14-13-29(18-22-16-27-19-28-22)17-21(26(30)31)15-20-8-4-5-9-23(20)24-10-6-7-11-25(24)32-2/h4-11,16,19,21H,3,12-15,17-18H2,1-2H3,(H,27,28). The lowest BCUT2D eigenvalue weighted by Gasteiger charge is -2.25. The molecule has 0 spiro atoms. The lowest BCUT2D eigenvalue weighted by Crippen LogP contribution is -2.37. The van der Waals surface area contributed by atoms with E-state index in [2.05, 4.69) is 46.1 Å². The quantitative estimate of drug-likeness (QED) is 0.585. The van der Waals surface area contributed by atoms with Gasteiger partial charge in [-0.05, 0) is 30.0 Å². The number of hydrogen-bond donors (Lipinski definition) is 1. The summed E-state index contributed by atoms with van der Waals surface area (Å²) in [6.45, 7) is 6.09. The molecule has 0 aliphatic carbocycles. The molecule has 1 unspecified atom stereocenters. The number of para-hydroxylation sites is 1. The Morgan fingerprint density at radius 3 is 2.62 bits per heavy atom. The Morgan fingerprint density at radius 2 is 1.88 bits per heavy atom. The zero-order valence-electron chi connectivity index (χ0n) is 19.0. The monoisotopic (exact) mass is 432 g/mol. The predicted octanol–water partition coefficient (Wildman–Crippen LogP) is 4.00. The third-order valence-electron chi connectivity index (χ3n) is 6.15. The van der Waals surface area contributed by atoms with Crippen molar-refractivity contribution in [1.29, 1.82) is 0 Å². The molecule has 1 N–H and O–H groups in total. The van der Waals surface area contributed by atoms with Crippen molar-refractivity contribution in [3.63, 3.8) is 0 Å². The molecule has 1 aliphatic rings. The minimum absolute atomic E-state index is 0.0946. The van der Waals surface area contributed by atoms with Gasteiger partial charge in [0.1, 0.15) is 5.75 Å². The average molecular weight is 433 g/mol. The van der Waals surface area contributed by atoms with Crippen molar-refractivity contribution in [2.45, 2.75) is 26.3 Å². The number of ether oxygens (including phenoxy) is 1. The molecule has 1 amide bonds. The first-order valence-corrected chi connectivity index (χ1v) is 11.4. The van der Waals surface area contributed by atoms with Crippen molar-refractivity contribution in [2.75, 3.05) is 33.3 Å². The summed E-state index contributed by atoms with van der Waals surface area (Å²) in [7, 11) is 1.70. The van der Waals surface area contributed by atoms with Crippen LogP contribution in [0, 0.1) is 5.92 Å². The summed E-state index contributed by atoms with van der Waals surface area (Å²) >= 11 is 0. The fourth-order valence-electron chi connectivity index (χ4n) is 4.60. The Balaban J connectivity index is 1.62. The maximum atomic E-state index is 13.5. The summed E-state index contributed by atoms with van der Waals surface area (Å²) in [4.78, 5) is 25.3. The van der Waals surface area contributed by atoms with Gasteiger partial charge in [0, 0.05) is 50.2 Å². The Labute approximate surface area is 190 Å². The highest BCUT2D eigenvalue weighted by atomic mass is 16.5. The molecule has 2 heterocycles. The molecule has 1 aliphatic heterocycles. The van der Waals surface area contributed by atoms with E-state index in [0.29, 0.717) is 6.42 Å². The molecule has 0 radical (unpaired) electrons. The average Bonchev–Trinajstić information content (AvgIpc) is 3.29. The Bertz CT molecular complexity index is 1020. The van der Waals surface area contributed by atoms with E-state index in [9.17, 15) is 4.79 Å². The number of H-pyrrole nitrogens is 1. The van der Waals surface area contributed by atoms with Gasteiger partial charge >= 0.3 is 0 Å². The smallest absolute Gasteiger partial charge is 0.227 e. The summed E-state index contributed by atoms with van der Waals surface area (Å²) in [5.41, 5.74) is 4.44. The minimum Gasteiger partial charge on any atom is -0.496 e. The number of aromatic nitrogens is 2. The van der Waals surface area contributed by atoms with Gasteiger partial charge in [0.2, 0.25) is 5.91 Å². The fraction of sp³-hybridized carbons (Fsp3) is 0.385. The number of rotatable bonds is 8. The summed E-state index contributed by atoms with van der Waals surface area (Å²) in [5, 5.41) is 0. The third kappa shape index (κ3) is 5.02. The zero-order valence-corrected chi connectivity index (χ0v) is 19.0. The van der Waals surface area contributed by atoms with Crippen LogP contribution in [0.15, 0.2) is 61.1 Å². The first kappa shape index (κ1) is 22.1. The topological polar surface area (TPSA) is 61.5 Å². The Kier molecular flexibility index (Phi) is 7.22. The molecular formula is C26H32N4O2. The van der Waals surface area contributed by atoms with Gasteiger partial charge in [-0.1, -0.05) is 49.4 Å². The van der Waals surface area contributed by atoms with Gasteiger partial charge in [0.15, 0.2) is 0 Å². The highest BCUT2D eigenvalue weighted by Crippen LogP contribution is 2.33. The molecule has 1 atom stereocenters. The summed E-state index contributed by atoms with van der Waals surface area (Å²) in [6, 6.07) is 16.5. The number of benzene rings is 2. The molecule has 4 rings (SSSR count). The first-order chi connectivity index (χ1) is 15.7. The number of carbonyl (C=O) groups excluding carboxylic acids is 1. The van der Waals surface area contributed by atoms with E-state index >= 15 is 0 Å². The van der Waals surface area contributed by atoms with Gasteiger partial charge in [-0.25, -0.2) is 4.98 Å². The summed E-state index contributed by atoms with van der Waals surface area (Å²) in [6.07, 6.45) is 5.24. The molecular weight excluding hydrogens is 400 g/mol. The van der Waals surface area contributed by atoms with Gasteiger partial charge in [0.05, 0.1) is 19.4 Å². The molecule has 168 valence electrons. The van der Waals surface area contributed by atoms with Gasteiger partial charge in [-0.3, -0.25) is 9.69 Å². The molecule has 3 aromatic rings. The van der Waals surface area contributed by atoms with Crippen LogP contribution in [0.25, 0.3) is 11.1 Å². The zero-order chi connectivity index (χ0) is 22.3. The van der Waals surface area contributed by atoms with Gasteiger partial charge < -0.3 is 14.6 Å². The normalized spacial score (nSPS) is 17.4. The maximum Gasteiger partial charge on any atom is 0.227 e. The van der Waals surface area contributed by atoms with Crippen LogP contribution in [0.5, 0.6) is 5.75 Å². The molecule has 2 aromatic carbocycles. The largest absolute Gasteiger partial charge is 0.496 e. The van der Waals surface area contributed by atoms with E-state index in [1.54, 1.807) is 13.4 Å². The van der Waals surface area contributed by atoms with Crippen molar-refractivity contribution in [3.05, 3.63) is 72.3 Å². The molecule has 1 aromatic heterocycles. The second kappa shape index (κ2) is 10.5. The van der Waals surface area contributed by atoms with Crippen molar-refractivity contribution in [1.82, 2.24) is 19.8 Å². The van der Waals surface area contributed by atoms with Crippen LogP contribution < -0.4 is 4.74 Å². The van der Waals surface area contributed by atoms with E-state index in [0.717, 1.165) is 61.7 Å². The number of carbonyl (C=O) groups is 1. The lowest BCUT2D eigenvalue weighted by atomic mass is 9.91. The van der Waals surface area contributed by atoms with Crippen LogP contribution in [0.2, 0.25) is 0 Å². The van der Waals surface area contributed by atoms with Crippen LogP contribution in [0.4, 0.5) is 0 Å². The van der Waals surface area contributed by atoms with Crippen LogP contribution in [0.1, 0.15) is 24.6 Å².